The van der Waals surface area contributed by atoms with E-state index in [9.17, 15) is 0 Å². The summed E-state index contributed by atoms with van der Waals surface area (Å²) in [7, 11) is 0. The first-order valence-corrected chi connectivity index (χ1v) is 7.69. The minimum atomic E-state index is 0.340. The number of allylic oxidation sites excluding steroid dienone is 1. The summed E-state index contributed by atoms with van der Waals surface area (Å²) in [5, 5.41) is 0. The van der Waals surface area contributed by atoms with E-state index in [1.807, 2.05) is 6.08 Å². The minimum absolute atomic E-state index is 0.340. The van der Waals surface area contributed by atoms with Crippen molar-refractivity contribution in [3.8, 4) is 11.3 Å². The summed E-state index contributed by atoms with van der Waals surface area (Å²) >= 11 is 0. The Balaban J connectivity index is 2.07. The van der Waals surface area contributed by atoms with Crippen molar-refractivity contribution < 1.29 is 0 Å². The molecule has 1 saturated carbocycles. The van der Waals surface area contributed by atoms with Gasteiger partial charge in [0, 0.05) is 18.0 Å². The molecule has 0 saturated heterocycles. The third-order valence-corrected chi connectivity index (χ3v) is 4.07. The predicted octanol–water partition coefficient (Wildman–Crippen LogP) is 4.32. The van der Waals surface area contributed by atoms with E-state index in [-0.39, 0.29) is 0 Å². The highest BCUT2D eigenvalue weighted by Crippen LogP contribution is 2.41. The maximum atomic E-state index is 6.35. The number of hydrogen-bond acceptors (Lipinski definition) is 2. The smallest absolute Gasteiger partial charge is 0.132 e. The van der Waals surface area contributed by atoms with E-state index in [2.05, 4.69) is 49.3 Å². The Hall–Kier alpha value is -2.03. The Morgan fingerprint density at radius 2 is 2.19 bits per heavy atom. The Morgan fingerprint density at radius 3 is 2.81 bits per heavy atom. The Kier molecular flexibility index (Phi) is 3.58. The maximum Gasteiger partial charge on any atom is 0.132 e. The molecule has 1 aromatic carbocycles. The van der Waals surface area contributed by atoms with Crippen LogP contribution in [0.5, 0.6) is 0 Å². The number of anilines is 1. The van der Waals surface area contributed by atoms with E-state index in [1.54, 1.807) is 0 Å². The van der Waals surface area contributed by atoms with Crippen LogP contribution >= 0.6 is 0 Å². The lowest BCUT2D eigenvalue weighted by Crippen LogP contribution is -2.07. The van der Waals surface area contributed by atoms with Crippen molar-refractivity contribution in [2.24, 2.45) is 0 Å². The quantitative estimate of drug-likeness (QED) is 0.829. The summed E-state index contributed by atoms with van der Waals surface area (Å²) in [6.45, 7) is 8.81. The highest BCUT2D eigenvalue weighted by Gasteiger charge is 2.24. The monoisotopic (exact) mass is 281 g/mol. The molecular formula is C18H23N3. The van der Waals surface area contributed by atoms with Gasteiger partial charge in [0.05, 0.1) is 0 Å². The van der Waals surface area contributed by atoms with Crippen molar-refractivity contribution in [3.05, 3.63) is 48.3 Å². The van der Waals surface area contributed by atoms with Crippen LogP contribution in [0.4, 0.5) is 5.82 Å². The molecule has 0 spiro atoms. The van der Waals surface area contributed by atoms with Crippen molar-refractivity contribution in [2.45, 2.75) is 45.1 Å². The summed E-state index contributed by atoms with van der Waals surface area (Å²) < 4.78 is 2.07. The van der Waals surface area contributed by atoms with Crippen molar-refractivity contribution in [2.75, 3.05) is 5.73 Å². The molecule has 2 aromatic rings. The van der Waals surface area contributed by atoms with Crippen LogP contribution < -0.4 is 5.73 Å². The van der Waals surface area contributed by atoms with E-state index < -0.39 is 0 Å². The van der Waals surface area contributed by atoms with Gasteiger partial charge in [0.15, 0.2) is 0 Å². The van der Waals surface area contributed by atoms with E-state index >= 15 is 0 Å². The Morgan fingerprint density at radius 1 is 1.43 bits per heavy atom. The second-order valence-corrected chi connectivity index (χ2v) is 6.16. The van der Waals surface area contributed by atoms with Crippen LogP contribution in [-0.4, -0.2) is 9.55 Å². The van der Waals surface area contributed by atoms with Crippen molar-refractivity contribution in [1.29, 1.82) is 0 Å². The zero-order chi connectivity index (χ0) is 15.0. The van der Waals surface area contributed by atoms with Gasteiger partial charge in [0.2, 0.25) is 0 Å². The van der Waals surface area contributed by atoms with Crippen LogP contribution in [0.3, 0.4) is 0 Å². The average Bonchev–Trinajstić information content (AvgIpc) is 3.26. The fourth-order valence-corrected chi connectivity index (χ4v) is 2.81. The fraction of sp³-hybridized carbons (Fsp3) is 0.389. The standard InChI is InChI=1S/C18H23N3/c1-4-10-21-17(19)16(20-18(21)12(2)3)15-7-5-6-14(11-15)13-8-9-13/h4-7,11-13H,1,8-10,19H2,2-3H3. The summed E-state index contributed by atoms with van der Waals surface area (Å²) in [4.78, 5) is 4.81. The van der Waals surface area contributed by atoms with Crippen LogP contribution in [0.15, 0.2) is 36.9 Å². The first-order chi connectivity index (χ1) is 10.1. The summed E-state index contributed by atoms with van der Waals surface area (Å²) in [5.74, 6) is 2.85. The molecule has 110 valence electrons. The molecule has 3 nitrogen and oxygen atoms in total. The third kappa shape index (κ3) is 2.60. The zero-order valence-electron chi connectivity index (χ0n) is 12.8. The molecule has 1 aromatic heterocycles. The normalized spacial score (nSPS) is 14.6. The molecule has 0 aliphatic heterocycles. The molecule has 0 amide bonds. The van der Waals surface area contributed by atoms with Crippen LogP contribution in [0, 0.1) is 0 Å². The molecule has 1 aliphatic rings. The minimum Gasteiger partial charge on any atom is -0.383 e. The third-order valence-electron chi connectivity index (χ3n) is 4.07. The first-order valence-electron chi connectivity index (χ1n) is 7.69. The Labute approximate surface area is 126 Å². The van der Waals surface area contributed by atoms with Crippen molar-refractivity contribution in [1.82, 2.24) is 9.55 Å². The van der Waals surface area contributed by atoms with Gasteiger partial charge in [-0.3, -0.25) is 0 Å². The average molecular weight is 281 g/mol. The Bertz CT molecular complexity index is 663. The highest BCUT2D eigenvalue weighted by molar-refractivity contribution is 5.72. The summed E-state index contributed by atoms with van der Waals surface area (Å²) in [6, 6.07) is 8.68. The van der Waals surface area contributed by atoms with E-state index in [4.69, 9.17) is 10.7 Å². The van der Waals surface area contributed by atoms with Gasteiger partial charge >= 0.3 is 0 Å². The highest BCUT2D eigenvalue weighted by atomic mass is 15.1. The van der Waals surface area contributed by atoms with Crippen LogP contribution in [0.1, 0.15) is 49.9 Å². The summed E-state index contributed by atoms with van der Waals surface area (Å²) in [6.07, 6.45) is 4.48. The topological polar surface area (TPSA) is 43.8 Å². The van der Waals surface area contributed by atoms with Crippen molar-refractivity contribution in [3.63, 3.8) is 0 Å². The second-order valence-electron chi connectivity index (χ2n) is 6.16. The SMILES string of the molecule is C=CCn1c(C(C)C)nc(-c2cccc(C3CC3)c2)c1N. The van der Waals surface area contributed by atoms with Gasteiger partial charge in [0.25, 0.3) is 0 Å². The number of nitrogen functional groups attached to an aromatic ring is 1. The van der Waals surface area contributed by atoms with Crippen LogP contribution in [0.25, 0.3) is 11.3 Å². The zero-order valence-corrected chi connectivity index (χ0v) is 12.8. The van der Waals surface area contributed by atoms with Gasteiger partial charge < -0.3 is 10.3 Å². The van der Waals surface area contributed by atoms with Gasteiger partial charge in [-0.05, 0) is 30.4 Å². The van der Waals surface area contributed by atoms with Crippen molar-refractivity contribution >= 4 is 5.82 Å². The molecule has 21 heavy (non-hydrogen) atoms. The molecule has 2 N–H and O–H groups in total. The number of nitrogens with two attached hydrogens (primary N) is 1. The predicted molar refractivity (Wildman–Crippen MR) is 88.3 cm³/mol. The van der Waals surface area contributed by atoms with Gasteiger partial charge in [0.1, 0.15) is 17.3 Å². The second kappa shape index (κ2) is 5.40. The molecule has 0 radical (unpaired) electrons. The molecule has 0 bridgehead atoms. The maximum absolute atomic E-state index is 6.35. The van der Waals surface area contributed by atoms with Gasteiger partial charge in [-0.15, -0.1) is 6.58 Å². The number of aromatic nitrogens is 2. The number of rotatable bonds is 5. The molecule has 3 rings (SSSR count). The largest absolute Gasteiger partial charge is 0.383 e. The molecule has 0 unspecified atom stereocenters. The molecule has 1 fully saturated rings. The number of nitrogens with zero attached hydrogens (tertiary/aromatic N) is 2. The van der Waals surface area contributed by atoms with Gasteiger partial charge in [-0.1, -0.05) is 38.1 Å². The lowest BCUT2D eigenvalue weighted by atomic mass is 10.1. The van der Waals surface area contributed by atoms with E-state index in [0.717, 1.165) is 28.8 Å². The molecule has 3 heteroatoms. The lowest BCUT2D eigenvalue weighted by molar-refractivity contribution is 0.684. The number of hydrogen-bond donors (Lipinski definition) is 1. The fourth-order valence-electron chi connectivity index (χ4n) is 2.81. The van der Waals surface area contributed by atoms with Crippen LogP contribution in [0.2, 0.25) is 0 Å². The lowest BCUT2D eigenvalue weighted by Gasteiger charge is -2.09. The number of benzene rings is 1. The van der Waals surface area contributed by atoms with Crippen LogP contribution in [-0.2, 0) is 6.54 Å². The number of imidazole rings is 1. The molecular weight excluding hydrogens is 258 g/mol. The molecule has 1 aliphatic carbocycles. The van der Waals surface area contributed by atoms with Gasteiger partial charge in [-0.25, -0.2) is 4.98 Å². The summed E-state index contributed by atoms with van der Waals surface area (Å²) in [5.41, 5.74) is 9.80. The van der Waals surface area contributed by atoms with Gasteiger partial charge in [-0.2, -0.15) is 0 Å². The molecule has 1 heterocycles. The molecule has 0 atom stereocenters. The first kappa shape index (κ1) is 13.9. The van der Waals surface area contributed by atoms with E-state index in [1.165, 1.54) is 18.4 Å². The van der Waals surface area contributed by atoms with E-state index in [0.29, 0.717) is 12.5 Å².